The Kier molecular flexibility index (Phi) is 5.00. The molecule has 0 radical (unpaired) electrons. The highest BCUT2D eigenvalue weighted by Gasteiger charge is 2.19. The average Bonchev–Trinajstić information content (AvgIpc) is 3.73. The summed E-state index contributed by atoms with van der Waals surface area (Å²) >= 11 is 0. The van der Waals surface area contributed by atoms with Crippen molar-refractivity contribution < 1.29 is 4.42 Å². The number of rotatable bonds is 2. The van der Waals surface area contributed by atoms with Crippen LogP contribution in [0.1, 0.15) is 16.7 Å². The van der Waals surface area contributed by atoms with Gasteiger partial charge in [0, 0.05) is 43.7 Å². The molecule has 0 fully saturated rings. The monoisotopic (exact) mass is 573 g/mol. The van der Waals surface area contributed by atoms with Gasteiger partial charge in [-0.15, -0.1) is 0 Å². The van der Waals surface area contributed by atoms with Gasteiger partial charge in [0.05, 0.1) is 50.9 Å². The molecule has 3 heterocycles. The lowest BCUT2D eigenvalue weighted by molar-refractivity contribution is 0.668. The molecule has 0 saturated carbocycles. The van der Waals surface area contributed by atoms with Gasteiger partial charge in [-0.1, -0.05) is 36.4 Å². The molecule has 0 aliphatic heterocycles. The van der Waals surface area contributed by atoms with Crippen LogP contribution in [0.3, 0.4) is 0 Å². The molecule has 9 rings (SSSR count). The van der Waals surface area contributed by atoms with Crippen LogP contribution >= 0.6 is 0 Å². The zero-order valence-corrected chi connectivity index (χ0v) is 23.6. The normalized spacial score (nSPS) is 11.5. The summed E-state index contributed by atoms with van der Waals surface area (Å²) in [4.78, 5) is 0. The van der Waals surface area contributed by atoms with Crippen molar-refractivity contribution in [3.05, 3.63) is 132 Å². The van der Waals surface area contributed by atoms with Crippen LogP contribution in [0.2, 0.25) is 0 Å². The van der Waals surface area contributed by atoms with Crippen LogP contribution < -0.4 is 0 Å². The average molecular weight is 574 g/mol. The number of nitriles is 3. The molecule has 45 heavy (non-hydrogen) atoms. The van der Waals surface area contributed by atoms with Gasteiger partial charge in [-0.25, -0.2) is 0 Å². The summed E-state index contributed by atoms with van der Waals surface area (Å²) in [5.41, 5.74) is 8.97. The predicted octanol–water partition coefficient (Wildman–Crippen LogP) is 9.40. The van der Waals surface area contributed by atoms with E-state index in [4.69, 9.17) is 4.42 Å². The van der Waals surface area contributed by atoms with Crippen molar-refractivity contribution in [1.29, 1.82) is 15.8 Å². The van der Waals surface area contributed by atoms with E-state index in [0.717, 1.165) is 71.3 Å². The maximum Gasteiger partial charge on any atom is 0.153 e. The van der Waals surface area contributed by atoms with E-state index < -0.39 is 0 Å². The molecular formula is C39H19N5O. The first-order valence-electron chi connectivity index (χ1n) is 14.4. The van der Waals surface area contributed by atoms with Crippen molar-refractivity contribution in [2.45, 2.75) is 0 Å². The summed E-state index contributed by atoms with van der Waals surface area (Å²) in [5.74, 6) is 0. The lowest BCUT2D eigenvalue weighted by Gasteiger charge is -2.13. The molecule has 6 nitrogen and oxygen atoms in total. The van der Waals surface area contributed by atoms with Crippen molar-refractivity contribution >= 4 is 65.6 Å². The second-order valence-electron chi connectivity index (χ2n) is 11.2. The first-order chi connectivity index (χ1) is 22.2. The van der Waals surface area contributed by atoms with Gasteiger partial charge in [0.1, 0.15) is 11.7 Å². The zero-order chi connectivity index (χ0) is 30.2. The Morgan fingerprint density at radius 3 is 1.73 bits per heavy atom. The molecule has 0 saturated heterocycles. The maximum absolute atomic E-state index is 9.69. The number of benzene rings is 6. The van der Waals surface area contributed by atoms with Crippen molar-refractivity contribution in [2.24, 2.45) is 0 Å². The second kappa shape index (κ2) is 9.09. The lowest BCUT2D eigenvalue weighted by atomic mass is 10.1. The molecule has 0 atom stereocenters. The quantitative estimate of drug-likeness (QED) is 0.206. The molecule has 9 aromatic rings. The molecule has 0 spiro atoms. The first-order valence-corrected chi connectivity index (χ1v) is 14.4. The van der Waals surface area contributed by atoms with E-state index in [9.17, 15) is 15.8 Å². The summed E-state index contributed by atoms with van der Waals surface area (Å²) in [6, 6.07) is 44.8. The summed E-state index contributed by atoms with van der Waals surface area (Å²) in [6.45, 7) is 0. The van der Waals surface area contributed by atoms with E-state index in [0.29, 0.717) is 22.3 Å². The minimum Gasteiger partial charge on any atom is -0.455 e. The smallest absolute Gasteiger partial charge is 0.153 e. The SMILES string of the molecule is N#Cc1ccc2c(c1)c1cc(C#N)ccc1n2-c1cccc(-n2c3ccccc3c3cc4oc5c(C#N)cccc5c4cc32)c1. The fraction of sp³-hybridized carbons (Fsp3) is 0. The number of hydrogen-bond donors (Lipinski definition) is 0. The van der Waals surface area contributed by atoms with Crippen LogP contribution in [0.25, 0.3) is 76.9 Å². The summed E-state index contributed by atoms with van der Waals surface area (Å²) < 4.78 is 10.7. The third-order valence-corrected chi connectivity index (χ3v) is 8.78. The topological polar surface area (TPSA) is 94.4 Å². The lowest BCUT2D eigenvalue weighted by Crippen LogP contribution is -1.98. The van der Waals surface area contributed by atoms with Crippen molar-refractivity contribution in [1.82, 2.24) is 9.13 Å². The Morgan fingerprint density at radius 2 is 1.04 bits per heavy atom. The Bertz CT molecular complexity index is 2790. The highest BCUT2D eigenvalue weighted by molar-refractivity contribution is 6.17. The van der Waals surface area contributed by atoms with Crippen LogP contribution in [0.4, 0.5) is 0 Å². The van der Waals surface area contributed by atoms with Crippen LogP contribution in [-0.2, 0) is 0 Å². The number of hydrogen-bond acceptors (Lipinski definition) is 4. The molecule has 206 valence electrons. The van der Waals surface area contributed by atoms with Crippen molar-refractivity contribution in [3.63, 3.8) is 0 Å². The van der Waals surface area contributed by atoms with Gasteiger partial charge in [0.15, 0.2) is 5.58 Å². The van der Waals surface area contributed by atoms with Gasteiger partial charge >= 0.3 is 0 Å². The maximum atomic E-state index is 9.69. The number of fused-ring (bicyclic) bond motifs is 9. The highest BCUT2D eigenvalue weighted by atomic mass is 16.3. The van der Waals surface area contributed by atoms with Gasteiger partial charge in [0.2, 0.25) is 0 Å². The number of nitrogens with zero attached hydrogens (tertiary/aromatic N) is 5. The molecule has 0 aliphatic rings. The third kappa shape index (κ3) is 3.41. The molecule has 6 heteroatoms. The molecular weight excluding hydrogens is 554 g/mol. The second-order valence-corrected chi connectivity index (χ2v) is 11.2. The van der Waals surface area contributed by atoms with Crippen molar-refractivity contribution in [2.75, 3.05) is 0 Å². The van der Waals surface area contributed by atoms with E-state index in [1.807, 2.05) is 60.7 Å². The van der Waals surface area contributed by atoms with E-state index in [1.165, 1.54) is 0 Å². The Morgan fingerprint density at radius 1 is 0.444 bits per heavy atom. The number of para-hydroxylation sites is 2. The fourth-order valence-electron chi connectivity index (χ4n) is 6.84. The van der Waals surface area contributed by atoms with Gasteiger partial charge < -0.3 is 13.6 Å². The van der Waals surface area contributed by atoms with Crippen molar-refractivity contribution in [3.8, 4) is 29.6 Å². The minimum absolute atomic E-state index is 0.517. The van der Waals surface area contributed by atoms with Crippen LogP contribution in [0.15, 0.2) is 120 Å². The van der Waals surface area contributed by atoms with Gasteiger partial charge in [-0.05, 0) is 78.9 Å². The number of aromatic nitrogens is 2. The van der Waals surface area contributed by atoms with E-state index >= 15 is 0 Å². The zero-order valence-electron chi connectivity index (χ0n) is 23.6. The van der Waals surface area contributed by atoms with Crippen LogP contribution in [-0.4, -0.2) is 9.13 Å². The van der Waals surface area contributed by atoms with Crippen LogP contribution in [0.5, 0.6) is 0 Å². The third-order valence-electron chi connectivity index (χ3n) is 8.78. The Hall–Kier alpha value is -6.81. The van der Waals surface area contributed by atoms with E-state index in [-0.39, 0.29) is 0 Å². The number of furan rings is 1. The summed E-state index contributed by atoms with van der Waals surface area (Å²) in [5, 5.41) is 34.8. The molecule has 3 aromatic heterocycles. The predicted molar refractivity (Wildman–Crippen MR) is 177 cm³/mol. The Labute approximate surface area is 256 Å². The van der Waals surface area contributed by atoms with Gasteiger partial charge in [-0.3, -0.25) is 0 Å². The molecule has 0 aliphatic carbocycles. The molecule has 0 N–H and O–H groups in total. The largest absolute Gasteiger partial charge is 0.455 e. The molecule has 0 unspecified atom stereocenters. The molecule has 0 amide bonds. The first kappa shape index (κ1) is 24.8. The molecule has 6 aromatic carbocycles. The van der Waals surface area contributed by atoms with E-state index in [2.05, 4.69) is 75.9 Å². The summed E-state index contributed by atoms with van der Waals surface area (Å²) in [7, 11) is 0. The highest BCUT2D eigenvalue weighted by Crippen LogP contribution is 2.40. The summed E-state index contributed by atoms with van der Waals surface area (Å²) in [6.07, 6.45) is 0. The van der Waals surface area contributed by atoms with Gasteiger partial charge in [-0.2, -0.15) is 15.8 Å². The van der Waals surface area contributed by atoms with Gasteiger partial charge in [0.25, 0.3) is 0 Å². The van der Waals surface area contributed by atoms with Crippen LogP contribution in [0, 0.1) is 34.0 Å². The molecule has 0 bridgehead atoms. The van der Waals surface area contributed by atoms with E-state index in [1.54, 1.807) is 6.07 Å². The Balaban J connectivity index is 1.34. The standard InChI is InChI=1S/C39H19N5O/c40-20-23-11-13-35-30(15-23)31-16-24(21-41)12-14-36(31)43(35)26-6-4-7-27(17-26)44-34-10-2-1-8-28(34)32-19-38-33(18-37(32)44)29-9-3-5-25(22-42)39(29)45-38/h1-19H. The fourth-order valence-corrected chi connectivity index (χ4v) is 6.84. The minimum atomic E-state index is 0.517.